The topological polar surface area (TPSA) is 328 Å². The van der Waals surface area contributed by atoms with E-state index in [9.17, 15) is 29.4 Å². The summed E-state index contributed by atoms with van der Waals surface area (Å²) >= 11 is 0. The molecule has 1 saturated heterocycles. The molecule has 0 bridgehead atoms. The highest BCUT2D eigenvalue weighted by atomic mass is 16.6. The van der Waals surface area contributed by atoms with E-state index in [1.54, 1.807) is 12.1 Å². The number of aromatic nitrogens is 2. The zero-order valence-electron chi connectivity index (χ0n) is 23.2. The van der Waals surface area contributed by atoms with Crippen LogP contribution < -0.4 is 38.3 Å². The minimum Gasteiger partial charge on any atom is -0.481 e. The number of carboxylic acids is 2. The molecule has 1 aromatic carbocycles. The molecule has 1 aromatic heterocycles. The number of nitrogens with one attached hydrogen (secondary N) is 5. The van der Waals surface area contributed by atoms with Crippen molar-refractivity contribution in [2.24, 2.45) is 5.73 Å². The molecule has 0 aliphatic carbocycles. The molecule has 4 rings (SSSR count). The summed E-state index contributed by atoms with van der Waals surface area (Å²) < 4.78 is 4.70. The molecule has 1 fully saturated rings. The van der Waals surface area contributed by atoms with E-state index >= 15 is 0 Å². The summed E-state index contributed by atoms with van der Waals surface area (Å²) in [5.74, 6) is -2.64. The lowest BCUT2D eigenvalue weighted by Crippen LogP contribution is -2.61. The first-order chi connectivity index (χ1) is 20.8. The van der Waals surface area contributed by atoms with E-state index in [2.05, 4.69) is 31.2 Å². The van der Waals surface area contributed by atoms with Gasteiger partial charge in [0.25, 0.3) is 11.5 Å². The SMILES string of the molecule is N[C@@H]1[C@@H](O)[C@H](O)[C@@H](CO)O[C@H]1O.Nc1nc2c(c(=O)[nH]1)NC(CNc1ccc(C(=O)N[C@@H](CCC(=O)O)C(=O)O)cc1)CN2. The molecular formula is C25H36N8O11. The Morgan fingerprint density at radius 1 is 1.11 bits per heavy atom. The van der Waals surface area contributed by atoms with Crippen molar-refractivity contribution in [3.8, 4) is 0 Å². The smallest absolute Gasteiger partial charge is 0.326 e. The van der Waals surface area contributed by atoms with E-state index in [0.717, 1.165) is 0 Å². The third kappa shape index (κ3) is 8.99. The summed E-state index contributed by atoms with van der Waals surface area (Å²) in [6.45, 7) is 0.489. The Labute approximate surface area is 249 Å². The number of carboxylic acid groups (broad SMARTS) is 2. The van der Waals surface area contributed by atoms with Gasteiger partial charge in [-0.3, -0.25) is 19.4 Å². The summed E-state index contributed by atoms with van der Waals surface area (Å²) in [4.78, 5) is 52.6. The number of anilines is 4. The van der Waals surface area contributed by atoms with Crippen LogP contribution in [-0.2, 0) is 14.3 Å². The van der Waals surface area contributed by atoms with Crippen molar-refractivity contribution in [1.29, 1.82) is 0 Å². The molecule has 1 amide bonds. The third-order valence-electron chi connectivity index (χ3n) is 6.70. The van der Waals surface area contributed by atoms with Gasteiger partial charge in [-0.25, -0.2) is 4.79 Å². The quantitative estimate of drug-likeness (QED) is 0.122. The van der Waals surface area contributed by atoms with Crippen LogP contribution in [0.25, 0.3) is 0 Å². The first-order valence-corrected chi connectivity index (χ1v) is 13.4. The molecule has 0 spiro atoms. The van der Waals surface area contributed by atoms with Crippen LogP contribution >= 0.6 is 0 Å². The minimum atomic E-state index is -1.35. The molecule has 19 heteroatoms. The molecule has 2 aliphatic rings. The minimum absolute atomic E-state index is 0.0281. The van der Waals surface area contributed by atoms with Crippen molar-refractivity contribution in [1.82, 2.24) is 15.3 Å². The lowest BCUT2D eigenvalue weighted by molar-refractivity contribution is -0.248. The monoisotopic (exact) mass is 624 g/mol. The average Bonchev–Trinajstić information content (AvgIpc) is 2.99. The van der Waals surface area contributed by atoms with Gasteiger partial charge in [-0.15, -0.1) is 0 Å². The van der Waals surface area contributed by atoms with Gasteiger partial charge in [-0.05, 0) is 30.7 Å². The number of nitrogens with two attached hydrogens (primary N) is 2. The fourth-order valence-electron chi connectivity index (χ4n) is 4.22. The summed E-state index contributed by atoms with van der Waals surface area (Å²) in [5.41, 5.74) is 11.7. The number of aliphatic hydroxyl groups is 4. The van der Waals surface area contributed by atoms with E-state index in [1.165, 1.54) is 12.1 Å². The molecule has 242 valence electrons. The van der Waals surface area contributed by atoms with Gasteiger partial charge in [-0.1, -0.05) is 0 Å². The van der Waals surface area contributed by atoms with Crippen LogP contribution in [0.5, 0.6) is 0 Å². The van der Waals surface area contributed by atoms with Crippen molar-refractivity contribution >= 4 is 41.0 Å². The van der Waals surface area contributed by atoms with E-state index in [-0.39, 0.29) is 36.0 Å². The highest BCUT2D eigenvalue weighted by Crippen LogP contribution is 2.20. The van der Waals surface area contributed by atoms with Crippen LogP contribution in [0.4, 0.5) is 23.1 Å². The second kappa shape index (κ2) is 15.3. The van der Waals surface area contributed by atoms with Gasteiger partial charge in [0.1, 0.15) is 30.0 Å². The second-order valence-corrected chi connectivity index (χ2v) is 9.96. The Morgan fingerprint density at radius 3 is 2.41 bits per heavy atom. The second-order valence-electron chi connectivity index (χ2n) is 9.96. The van der Waals surface area contributed by atoms with Crippen LogP contribution in [0.1, 0.15) is 23.2 Å². The van der Waals surface area contributed by atoms with Crippen LogP contribution in [0.2, 0.25) is 0 Å². The number of nitrogen functional groups attached to an aromatic ring is 1. The Morgan fingerprint density at radius 2 is 1.80 bits per heavy atom. The van der Waals surface area contributed by atoms with Crippen molar-refractivity contribution in [2.75, 3.05) is 41.4 Å². The number of hydrogen-bond acceptors (Lipinski definition) is 15. The summed E-state index contributed by atoms with van der Waals surface area (Å²) in [6, 6.07) is 3.89. The van der Waals surface area contributed by atoms with Gasteiger partial charge in [0.2, 0.25) is 5.95 Å². The number of hydrogen-bond donors (Lipinski definition) is 13. The van der Waals surface area contributed by atoms with Gasteiger partial charge in [-0.2, -0.15) is 4.98 Å². The van der Waals surface area contributed by atoms with Crippen molar-refractivity contribution in [3.63, 3.8) is 0 Å². The van der Waals surface area contributed by atoms with Crippen molar-refractivity contribution in [3.05, 3.63) is 40.2 Å². The number of aliphatic hydroxyl groups excluding tert-OH is 4. The summed E-state index contributed by atoms with van der Waals surface area (Å²) in [5, 5.41) is 65.6. The number of benzene rings is 1. The number of aromatic amines is 1. The number of rotatable bonds is 10. The standard InChI is InChI=1S/C19H23N7O6.C6H13NO5/c20-19-25-15-14(17(30)26-19)23-11(8-22-15)7-21-10-3-1-9(2-4-10)16(29)24-12(18(31)32)5-6-13(27)28;7-3-5(10)4(9)2(1-8)12-6(3)11/h1-4,11-12,21,23H,5-8H2,(H,24,29)(H,27,28)(H,31,32)(H4,20,22,25,26,30);2-6,8-11H,1,7H2/t11?,12-;2-,3-,4-,5-,6-/m01/s1. The van der Waals surface area contributed by atoms with E-state index in [0.29, 0.717) is 30.3 Å². The summed E-state index contributed by atoms with van der Waals surface area (Å²) in [6.07, 6.45) is -5.44. The molecule has 3 heterocycles. The highest BCUT2D eigenvalue weighted by Gasteiger charge is 2.41. The first-order valence-electron chi connectivity index (χ1n) is 13.4. The molecule has 2 aliphatic heterocycles. The molecule has 44 heavy (non-hydrogen) atoms. The molecule has 15 N–H and O–H groups in total. The van der Waals surface area contributed by atoms with Crippen molar-refractivity contribution in [2.45, 2.75) is 55.6 Å². The Kier molecular flexibility index (Phi) is 11.8. The van der Waals surface area contributed by atoms with Crippen LogP contribution in [0.15, 0.2) is 29.1 Å². The lowest BCUT2D eigenvalue weighted by Gasteiger charge is -2.38. The molecule has 1 unspecified atom stereocenters. The molecule has 0 radical (unpaired) electrons. The number of H-pyrrole nitrogens is 1. The Bertz CT molecular complexity index is 1350. The maximum absolute atomic E-state index is 12.3. The molecular weight excluding hydrogens is 588 g/mol. The average molecular weight is 625 g/mol. The molecule has 2 aromatic rings. The van der Waals surface area contributed by atoms with Gasteiger partial charge < -0.3 is 68.1 Å². The lowest BCUT2D eigenvalue weighted by atomic mass is 9.98. The predicted octanol–water partition coefficient (Wildman–Crippen LogP) is -3.54. The number of nitrogens with zero attached hydrogens (tertiary/aromatic N) is 1. The maximum atomic E-state index is 12.3. The normalized spacial score (nSPS) is 24.7. The molecule has 7 atom stereocenters. The van der Waals surface area contributed by atoms with E-state index in [4.69, 9.17) is 36.6 Å². The highest BCUT2D eigenvalue weighted by molar-refractivity contribution is 5.97. The number of ether oxygens (including phenoxy) is 1. The fraction of sp³-hybridized carbons (Fsp3) is 0.480. The number of amides is 1. The number of carbonyl (C=O) groups excluding carboxylic acids is 1. The maximum Gasteiger partial charge on any atom is 0.326 e. The fourth-order valence-corrected chi connectivity index (χ4v) is 4.22. The van der Waals surface area contributed by atoms with Crippen LogP contribution in [-0.4, -0.2) is 121 Å². The van der Waals surface area contributed by atoms with Gasteiger partial charge in [0, 0.05) is 30.8 Å². The van der Waals surface area contributed by atoms with Gasteiger partial charge >= 0.3 is 11.9 Å². The third-order valence-corrected chi connectivity index (χ3v) is 6.70. The molecule has 0 saturated carbocycles. The van der Waals surface area contributed by atoms with E-state index < -0.39 is 61.1 Å². The predicted molar refractivity (Wildman–Crippen MR) is 154 cm³/mol. The Hall–Kier alpha value is -4.53. The largest absolute Gasteiger partial charge is 0.481 e. The number of fused-ring (bicyclic) bond motifs is 1. The first kappa shape index (κ1) is 34.0. The van der Waals surface area contributed by atoms with Gasteiger partial charge in [0.05, 0.1) is 18.7 Å². The van der Waals surface area contributed by atoms with Crippen LogP contribution in [0, 0.1) is 0 Å². The van der Waals surface area contributed by atoms with Gasteiger partial charge in [0.15, 0.2) is 12.1 Å². The zero-order chi connectivity index (χ0) is 32.6. The van der Waals surface area contributed by atoms with Crippen LogP contribution in [0.3, 0.4) is 0 Å². The van der Waals surface area contributed by atoms with E-state index in [1.807, 2.05) is 0 Å². The van der Waals surface area contributed by atoms with Crippen molar-refractivity contribution < 1.29 is 49.8 Å². The summed E-state index contributed by atoms with van der Waals surface area (Å²) in [7, 11) is 0. The zero-order valence-corrected chi connectivity index (χ0v) is 23.2. The molecule has 19 nitrogen and oxygen atoms in total. The number of aliphatic carboxylic acids is 2. The number of carbonyl (C=O) groups is 3. The Balaban J connectivity index is 0.000000369.